The first kappa shape index (κ1) is 16.4. The van der Waals surface area contributed by atoms with Crippen molar-refractivity contribution in [1.82, 2.24) is 15.2 Å². The van der Waals surface area contributed by atoms with Gasteiger partial charge in [0.15, 0.2) is 5.69 Å². The summed E-state index contributed by atoms with van der Waals surface area (Å²) in [6, 6.07) is -0.139. The Bertz CT molecular complexity index is 461. The molecule has 6 nitrogen and oxygen atoms in total. The standard InChI is InChI=1S/C13H21N3O3S/c1-4-9(3)7-16(5-2)13(19)14-6-11-15-10(8-20-11)12(17)18/h8-9H,4-7H2,1-3H3,(H,14,19)(H,17,18). The summed E-state index contributed by atoms with van der Waals surface area (Å²) in [5, 5.41) is 13.6. The first-order valence-corrected chi connectivity index (χ1v) is 7.56. The molecule has 0 aliphatic rings. The summed E-state index contributed by atoms with van der Waals surface area (Å²) in [4.78, 5) is 28.4. The average Bonchev–Trinajstić information content (AvgIpc) is 2.90. The summed E-state index contributed by atoms with van der Waals surface area (Å²) in [6.45, 7) is 7.77. The lowest BCUT2D eigenvalue weighted by atomic mass is 10.1. The van der Waals surface area contributed by atoms with Gasteiger partial charge >= 0.3 is 12.0 Å². The lowest BCUT2D eigenvalue weighted by Crippen LogP contribution is -2.41. The van der Waals surface area contributed by atoms with E-state index in [9.17, 15) is 9.59 Å². The van der Waals surface area contributed by atoms with Gasteiger partial charge in [0, 0.05) is 18.5 Å². The number of nitrogens with one attached hydrogen (secondary N) is 1. The number of carbonyl (C=O) groups is 2. The molecule has 0 fully saturated rings. The molecule has 1 heterocycles. The van der Waals surface area contributed by atoms with Crippen LogP contribution in [0, 0.1) is 5.92 Å². The molecule has 1 atom stereocenters. The van der Waals surface area contributed by atoms with Gasteiger partial charge in [-0.2, -0.15) is 0 Å². The number of rotatable bonds is 7. The van der Waals surface area contributed by atoms with Crippen LogP contribution in [-0.4, -0.2) is 40.1 Å². The first-order valence-electron chi connectivity index (χ1n) is 6.68. The highest BCUT2D eigenvalue weighted by Crippen LogP contribution is 2.10. The summed E-state index contributed by atoms with van der Waals surface area (Å²) in [7, 11) is 0. The van der Waals surface area contributed by atoms with Crippen molar-refractivity contribution in [2.24, 2.45) is 5.92 Å². The van der Waals surface area contributed by atoms with Gasteiger partial charge in [0.2, 0.25) is 0 Å². The molecule has 0 aromatic carbocycles. The fourth-order valence-corrected chi connectivity index (χ4v) is 2.32. The van der Waals surface area contributed by atoms with Crippen LogP contribution in [0.2, 0.25) is 0 Å². The smallest absolute Gasteiger partial charge is 0.355 e. The number of hydrogen-bond donors (Lipinski definition) is 2. The summed E-state index contributed by atoms with van der Waals surface area (Å²) in [6.07, 6.45) is 1.03. The van der Waals surface area contributed by atoms with Gasteiger partial charge in [-0.25, -0.2) is 14.6 Å². The summed E-state index contributed by atoms with van der Waals surface area (Å²) >= 11 is 1.23. The zero-order valence-corrected chi connectivity index (χ0v) is 12.9. The SMILES string of the molecule is CCC(C)CN(CC)C(=O)NCc1nc(C(=O)O)cs1. The van der Waals surface area contributed by atoms with Crippen LogP contribution < -0.4 is 5.32 Å². The second-order valence-corrected chi connectivity index (χ2v) is 5.59. The van der Waals surface area contributed by atoms with Crippen molar-refractivity contribution < 1.29 is 14.7 Å². The molecule has 2 amide bonds. The van der Waals surface area contributed by atoms with Crippen LogP contribution in [0.4, 0.5) is 4.79 Å². The lowest BCUT2D eigenvalue weighted by Gasteiger charge is -2.24. The molecule has 0 aliphatic heterocycles. The van der Waals surface area contributed by atoms with Gasteiger partial charge < -0.3 is 15.3 Å². The van der Waals surface area contributed by atoms with Crippen LogP contribution in [0.15, 0.2) is 5.38 Å². The Morgan fingerprint density at radius 1 is 1.50 bits per heavy atom. The maximum Gasteiger partial charge on any atom is 0.355 e. The van der Waals surface area contributed by atoms with E-state index in [1.807, 2.05) is 6.92 Å². The molecule has 0 bridgehead atoms. The van der Waals surface area contributed by atoms with Gasteiger partial charge in [-0.1, -0.05) is 20.3 Å². The number of nitrogens with zero attached hydrogens (tertiary/aromatic N) is 2. The molecule has 2 N–H and O–H groups in total. The van der Waals surface area contributed by atoms with Crippen molar-refractivity contribution in [3.05, 3.63) is 16.1 Å². The zero-order chi connectivity index (χ0) is 15.1. The Morgan fingerprint density at radius 3 is 2.70 bits per heavy atom. The molecule has 112 valence electrons. The lowest BCUT2D eigenvalue weighted by molar-refractivity contribution is 0.0691. The fourth-order valence-electron chi connectivity index (χ4n) is 1.61. The van der Waals surface area contributed by atoms with Gasteiger partial charge in [-0.15, -0.1) is 11.3 Å². The van der Waals surface area contributed by atoms with E-state index in [4.69, 9.17) is 5.11 Å². The van der Waals surface area contributed by atoms with Crippen molar-refractivity contribution >= 4 is 23.3 Å². The number of aromatic nitrogens is 1. The Balaban J connectivity index is 2.49. The Morgan fingerprint density at radius 2 is 2.20 bits per heavy atom. The van der Waals surface area contributed by atoms with Gasteiger partial charge in [0.05, 0.1) is 6.54 Å². The number of amides is 2. The van der Waals surface area contributed by atoms with Crippen LogP contribution in [0.1, 0.15) is 42.7 Å². The highest BCUT2D eigenvalue weighted by molar-refractivity contribution is 7.09. The third kappa shape index (κ3) is 4.80. The quantitative estimate of drug-likeness (QED) is 0.810. The van der Waals surface area contributed by atoms with Crippen LogP contribution in [0.3, 0.4) is 0 Å². The van der Waals surface area contributed by atoms with E-state index in [1.165, 1.54) is 16.7 Å². The Labute approximate surface area is 122 Å². The van der Waals surface area contributed by atoms with E-state index in [2.05, 4.69) is 24.1 Å². The van der Waals surface area contributed by atoms with E-state index >= 15 is 0 Å². The number of aromatic carboxylic acids is 1. The van der Waals surface area contributed by atoms with E-state index < -0.39 is 5.97 Å². The summed E-state index contributed by atoms with van der Waals surface area (Å²) in [5.41, 5.74) is 0.0196. The van der Waals surface area contributed by atoms with E-state index in [0.717, 1.165) is 13.0 Å². The Kier molecular flexibility index (Phi) is 6.44. The average molecular weight is 299 g/mol. The predicted octanol–water partition coefficient (Wildman–Crippen LogP) is 2.42. The van der Waals surface area contributed by atoms with Gasteiger partial charge in [0.25, 0.3) is 0 Å². The monoisotopic (exact) mass is 299 g/mol. The molecule has 1 aromatic heterocycles. The molecule has 1 aromatic rings. The van der Waals surface area contributed by atoms with E-state index in [0.29, 0.717) is 17.5 Å². The zero-order valence-electron chi connectivity index (χ0n) is 12.0. The molecule has 0 saturated carbocycles. The molecule has 7 heteroatoms. The number of thiazole rings is 1. The number of carbonyl (C=O) groups excluding carboxylic acids is 1. The van der Waals surface area contributed by atoms with E-state index in [1.54, 1.807) is 4.90 Å². The summed E-state index contributed by atoms with van der Waals surface area (Å²) < 4.78 is 0. The second kappa shape index (κ2) is 7.84. The maximum absolute atomic E-state index is 12.0. The fraction of sp³-hybridized carbons (Fsp3) is 0.615. The minimum atomic E-state index is -1.05. The normalized spacial score (nSPS) is 11.9. The van der Waals surface area contributed by atoms with Crippen LogP contribution >= 0.6 is 11.3 Å². The van der Waals surface area contributed by atoms with Crippen molar-refractivity contribution in [3.63, 3.8) is 0 Å². The third-order valence-corrected chi connectivity index (χ3v) is 3.91. The Hall–Kier alpha value is -1.63. The van der Waals surface area contributed by atoms with Crippen molar-refractivity contribution in [3.8, 4) is 0 Å². The predicted molar refractivity (Wildman–Crippen MR) is 78.0 cm³/mol. The maximum atomic E-state index is 12.0. The van der Waals surface area contributed by atoms with Crippen molar-refractivity contribution in [1.29, 1.82) is 0 Å². The highest BCUT2D eigenvalue weighted by Gasteiger charge is 2.15. The van der Waals surface area contributed by atoms with E-state index in [-0.39, 0.29) is 18.3 Å². The van der Waals surface area contributed by atoms with Crippen molar-refractivity contribution in [2.45, 2.75) is 33.7 Å². The molecule has 1 rings (SSSR count). The first-order chi connectivity index (χ1) is 9.47. The largest absolute Gasteiger partial charge is 0.476 e. The molecule has 20 heavy (non-hydrogen) atoms. The van der Waals surface area contributed by atoms with Crippen molar-refractivity contribution in [2.75, 3.05) is 13.1 Å². The second-order valence-electron chi connectivity index (χ2n) is 4.64. The van der Waals surface area contributed by atoms with Crippen LogP contribution in [0.5, 0.6) is 0 Å². The molecular formula is C13H21N3O3S. The molecule has 0 aliphatic carbocycles. The number of urea groups is 1. The number of carboxylic acid groups (broad SMARTS) is 1. The molecule has 0 saturated heterocycles. The minimum absolute atomic E-state index is 0.0196. The highest BCUT2D eigenvalue weighted by atomic mass is 32.1. The summed E-state index contributed by atoms with van der Waals surface area (Å²) in [5.74, 6) is -0.593. The third-order valence-electron chi connectivity index (χ3n) is 3.06. The topological polar surface area (TPSA) is 82.5 Å². The minimum Gasteiger partial charge on any atom is -0.476 e. The number of hydrogen-bond acceptors (Lipinski definition) is 4. The molecule has 0 spiro atoms. The molecular weight excluding hydrogens is 278 g/mol. The van der Waals surface area contributed by atoms with Gasteiger partial charge in [0.1, 0.15) is 5.01 Å². The van der Waals surface area contributed by atoms with Gasteiger partial charge in [-0.3, -0.25) is 0 Å². The van der Waals surface area contributed by atoms with Crippen LogP contribution in [0.25, 0.3) is 0 Å². The molecule has 0 radical (unpaired) electrons. The molecule has 1 unspecified atom stereocenters. The number of carboxylic acids is 1. The van der Waals surface area contributed by atoms with Gasteiger partial charge in [-0.05, 0) is 12.8 Å². The van der Waals surface area contributed by atoms with Crippen LogP contribution in [-0.2, 0) is 6.54 Å².